The van der Waals surface area contributed by atoms with E-state index < -0.39 is 0 Å². The number of anilines is 4. The van der Waals surface area contributed by atoms with Crippen molar-refractivity contribution in [2.24, 2.45) is 0 Å². The third-order valence-electron chi connectivity index (χ3n) is 4.05. The fourth-order valence-corrected chi connectivity index (χ4v) is 2.72. The first kappa shape index (κ1) is 17.4. The van der Waals surface area contributed by atoms with E-state index in [0.29, 0.717) is 11.8 Å². The van der Waals surface area contributed by atoms with Gasteiger partial charge in [-0.1, -0.05) is 0 Å². The normalized spacial score (nSPS) is 15.9. The molecule has 2 aromatic rings. The fourth-order valence-electron chi connectivity index (χ4n) is 2.72. The highest BCUT2D eigenvalue weighted by atomic mass is 15.3. The van der Waals surface area contributed by atoms with Crippen LogP contribution >= 0.6 is 0 Å². The van der Waals surface area contributed by atoms with Crippen molar-refractivity contribution in [2.45, 2.75) is 26.3 Å². The first-order chi connectivity index (χ1) is 11.9. The Morgan fingerprint density at radius 2 is 1.68 bits per heavy atom. The minimum Gasteiger partial charge on any atom is -0.369 e. The van der Waals surface area contributed by atoms with E-state index in [4.69, 9.17) is 0 Å². The third kappa shape index (κ3) is 5.03. The van der Waals surface area contributed by atoms with Crippen molar-refractivity contribution in [1.29, 1.82) is 0 Å². The zero-order chi connectivity index (χ0) is 17.9. The van der Waals surface area contributed by atoms with Crippen molar-refractivity contribution in [2.75, 3.05) is 48.8 Å². The Hall–Kier alpha value is -2.41. The maximum atomic E-state index is 4.46. The van der Waals surface area contributed by atoms with Gasteiger partial charge in [0.25, 0.3) is 0 Å². The van der Waals surface area contributed by atoms with Crippen molar-refractivity contribution in [3.63, 3.8) is 0 Å². The second kappa shape index (κ2) is 7.23. The van der Waals surface area contributed by atoms with Gasteiger partial charge in [-0.05, 0) is 52.1 Å². The number of piperazine rings is 1. The molecule has 7 heteroatoms. The van der Waals surface area contributed by atoms with Crippen LogP contribution in [0.2, 0.25) is 0 Å². The number of nitrogens with zero attached hydrogens (tertiary/aromatic N) is 5. The second-order valence-corrected chi connectivity index (χ2v) is 7.50. The van der Waals surface area contributed by atoms with E-state index in [1.165, 1.54) is 5.69 Å². The lowest BCUT2D eigenvalue weighted by Crippen LogP contribution is -2.44. The smallest absolute Gasteiger partial charge is 0.245 e. The number of hydrogen-bond acceptors (Lipinski definition) is 7. The number of likely N-dealkylation sites (N-methyl/N-ethyl adjacent to an activating group) is 1. The summed E-state index contributed by atoms with van der Waals surface area (Å²) in [5, 5.41) is 14.6. The van der Waals surface area contributed by atoms with Crippen molar-refractivity contribution in [3.05, 3.63) is 30.5 Å². The van der Waals surface area contributed by atoms with Crippen LogP contribution in [0.15, 0.2) is 30.5 Å². The average Bonchev–Trinajstić information content (AvgIpc) is 2.55. The van der Waals surface area contributed by atoms with Crippen LogP contribution < -0.4 is 15.5 Å². The number of hydrogen-bond donors (Lipinski definition) is 2. The summed E-state index contributed by atoms with van der Waals surface area (Å²) in [6, 6.07) is 8.45. The lowest BCUT2D eigenvalue weighted by Gasteiger charge is -2.34. The minimum absolute atomic E-state index is 0.107. The first-order valence-electron chi connectivity index (χ1n) is 8.67. The molecule has 25 heavy (non-hydrogen) atoms. The van der Waals surface area contributed by atoms with Crippen LogP contribution in [0.3, 0.4) is 0 Å². The van der Waals surface area contributed by atoms with Crippen LogP contribution in [0.25, 0.3) is 0 Å². The van der Waals surface area contributed by atoms with Gasteiger partial charge in [-0.2, -0.15) is 10.1 Å². The SMILES string of the molecule is CN1CCN(c2ccc(Nc3cnnc(NC(C)(C)C)n3)cc2)CC1. The van der Waals surface area contributed by atoms with Gasteiger partial charge in [-0.15, -0.1) is 5.10 Å². The summed E-state index contributed by atoms with van der Waals surface area (Å²) in [4.78, 5) is 9.24. The zero-order valence-electron chi connectivity index (χ0n) is 15.5. The van der Waals surface area contributed by atoms with Gasteiger partial charge in [0.2, 0.25) is 5.95 Å². The van der Waals surface area contributed by atoms with Crippen molar-refractivity contribution in [3.8, 4) is 0 Å². The summed E-state index contributed by atoms with van der Waals surface area (Å²) in [5.41, 5.74) is 2.14. The lowest BCUT2D eigenvalue weighted by atomic mass is 10.1. The van der Waals surface area contributed by atoms with E-state index in [9.17, 15) is 0 Å². The van der Waals surface area contributed by atoms with E-state index in [-0.39, 0.29) is 5.54 Å². The van der Waals surface area contributed by atoms with Gasteiger partial charge in [-0.25, -0.2) is 0 Å². The number of rotatable bonds is 4. The molecule has 0 atom stereocenters. The summed E-state index contributed by atoms with van der Waals surface area (Å²) in [5.74, 6) is 1.20. The molecule has 3 rings (SSSR count). The molecule has 0 amide bonds. The largest absolute Gasteiger partial charge is 0.369 e. The zero-order valence-corrected chi connectivity index (χ0v) is 15.5. The molecule has 0 saturated carbocycles. The topological polar surface area (TPSA) is 69.2 Å². The van der Waals surface area contributed by atoms with Crippen molar-refractivity contribution < 1.29 is 0 Å². The molecule has 1 fully saturated rings. The van der Waals surface area contributed by atoms with Crippen LogP contribution in [0.4, 0.5) is 23.1 Å². The molecule has 0 spiro atoms. The molecule has 0 unspecified atom stereocenters. The highest BCUT2D eigenvalue weighted by Gasteiger charge is 2.14. The number of benzene rings is 1. The van der Waals surface area contributed by atoms with Crippen LogP contribution in [-0.2, 0) is 0 Å². The molecule has 134 valence electrons. The Morgan fingerprint density at radius 3 is 2.32 bits per heavy atom. The van der Waals surface area contributed by atoms with Gasteiger partial charge in [0.15, 0.2) is 5.82 Å². The van der Waals surface area contributed by atoms with Crippen LogP contribution in [0, 0.1) is 0 Å². The first-order valence-corrected chi connectivity index (χ1v) is 8.67. The summed E-state index contributed by atoms with van der Waals surface area (Å²) in [6.45, 7) is 10.5. The summed E-state index contributed by atoms with van der Waals surface area (Å²) >= 11 is 0. The monoisotopic (exact) mass is 341 g/mol. The molecule has 1 aliphatic rings. The molecule has 1 saturated heterocycles. The van der Waals surface area contributed by atoms with Gasteiger partial charge in [-0.3, -0.25) is 0 Å². The summed E-state index contributed by atoms with van der Waals surface area (Å²) < 4.78 is 0. The summed E-state index contributed by atoms with van der Waals surface area (Å²) in [7, 11) is 2.17. The van der Waals surface area contributed by atoms with Gasteiger partial charge in [0.1, 0.15) is 0 Å². The Morgan fingerprint density at radius 1 is 1.00 bits per heavy atom. The molecular formula is C18H27N7. The molecule has 0 aliphatic carbocycles. The van der Waals surface area contributed by atoms with E-state index >= 15 is 0 Å². The molecule has 7 nitrogen and oxygen atoms in total. The quantitative estimate of drug-likeness (QED) is 0.886. The fraction of sp³-hybridized carbons (Fsp3) is 0.500. The van der Waals surface area contributed by atoms with Gasteiger partial charge in [0.05, 0.1) is 6.20 Å². The highest BCUT2D eigenvalue weighted by Crippen LogP contribution is 2.21. The third-order valence-corrected chi connectivity index (χ3v) is 4.05. The molecule has 0 bridgehead atoms. The molecule has 1 aromatic heterocycles. The predicted molar refractivity (Wildman–Crippen MR) is 103 cm³/mol. The maximum absolute atomic E-state index is 4.46. The predicted octanol–water partition coefficient (Wildman–Crippen LogP) is 2.58. The Kier molecular flexibility index (Phi) is 5.03. The second-order valence-electron chi connectivity index (χ2n) is 7.50. The Labute approximate surface area is 149 Å². The van der Waals surface area contributed by atoms with E-state index in [1.807, 2.05) is 0 Å². The molecule has 0 radical (unpaired) electrons. The van der Waals surface area contributed by atoms with Crippen molar-refractivity contribution in [1.82, 2.24) is 20.1 Å². The van der Waals surface area contributed by atoms with Gasteiger partial charge < -0.3 is 20.4 Å². The molecular weight excluding hydrogens is 314 g/mol. The van der Waals surface area contributed by atoms with Crippen LogP contribution in [-0.4, -0.2) is 58.8 Å². The standard InChI is InChI=1S/C18H27N7/c1-18(2,3)22-17-21-16(13-19-23-17)20-14-5-7-15(8-6-14)25-11-9-24(4)10-12-25/h5-8,13H,9-12H2,1-4H3,(H2,20,21,22,23). The maximum Gasteiger partial charge on any atom is 0.245 e. The number of aromatic nitrogens is 3. The van der Waals surface area contributed by atoms with Crippen molar-refractivity contribution >= 4 is 23.1 Å². The summed E-state index contributed by atoms with van der Waals surface area (Å²) in [6.07, 6.45) is 1.63. The number of nitrogens with one attached hydrogen (secondary N) is 2. The van der Waals surface area contributed by atoms with Crippen LogP contribution in [0.1, 0.15) is 20.8 Å². The Balaban J connectivity index is 1.64. The Bertz CT molecular complexity index is 685. The van der Waals surface area contributed by atoms with Crippen LogP contribution in [0.5, 0.6) is 0 Å². The average molecular weight is 341 g/mol. The minimum atomic E-state index is -0.107. The van der Waals surface area contributed by atoms with E-state index in [0.717, 1.165) is 31.9 Å². The molecule has 1 aromatic carbocycles. The van der Waals surface area contributed by atoms with Gasteiger partial charge in [0, 0.05) is 43.1 Å². The van der Waals surface area contributed by atoms with E-state index in [1.54, 1.807) is 6.20 Å². The van der Waals surface area contributed by atoms with E-state index in [2.05, 4.69) is 87.7 Å². The molecule has 1 aliphatic heterocycles. The molecule has 2 N–H and O–H groups in total. The lowest BCUT2D eigenvalue weighted by molar-refractivity contribution is 0.313. The van der Waals surface area contributed by atoms with Gasteiger partial charge >= 0.3 is 0 Å². The highest BCUT2D eigenvalue weighted by molar-refractivity contribution is 5.61. The molecule has 2 heterocycles.